The molecule has 2 aromatic rings. The Morgan fingerprint density at radius 2 is 1.50 bits per heavy atom. The first-order valence-corrected chi connectivity index (χ1v) is 4.59. The van der Waals surface area contributed by atoms with Gasteiger partial charge in [0.05, 0.1) is 0 Å². The van der Waals surface area contributed by atoms with Crippen molar-refractivity contribution in [3.05, 3.63) is 66.5 Å². The summed E-state index contributed by atoms with van der Waals surface area (Å²) in [5.41, 5.74) is 1.17. The normalized spacial score (nSPS) is 9.71. The van der Waals surface area contributed by atoms with E-state index in [2.05, 4.69) is 0 Å². The van der Waals surface area contributed by atoms with E-state index in [1.807, 2.05) is 60.9 Å². The van der Waals surface area contributed by atoms with Gasteiger partial charge in [-0.05, 0) is 5.56 Å². The number of hydrogen-bond donors (Lipinski definition) is 0. The fourth-order valence-electron chi connectivity index (χ4n) is 1.19. The van der Waals surface area contributed by atoms with Crippen LogP contribution in [-0.2, 0) is 6.61 Å². The summed E-state index contributed by atoms with van der Waals surface area (Å²) in [5, 5.41) is 0. The molecule has 0 aliphatic heterocycles. The lowest BCUT2D eigenvalue weighted by Crippen LogP contribution is -2.41. The molecule has 0 radical (unpaired) electrons. The predicted molar refractivity (Wildman–Crippen MR) is 53.4 cm³/mol. The van der Waals surface area contributed by atoms with Crippen LogP contribution in [-0.4, -0.2) is 0 Å². The van der Waals surface area contributed by atoms with Crippen LogP contribution in [0.1, 0.15) is 5.56 Å². The van der Waals surface area contributed by atoms with Crippen LogP contribution in [0.25, 0.3) is 0 Å². The second-order valence-electron chi connectivity index (χ2n) is 2.99. The summed E-state index contributed by atoms with van der Waals surface area (Å²) in [5.74, 6) is 0. The second kappa shape index (κ2) is 4.42. The van der Waals surface area contributed by atoms with Gasteiger partial charge >= 0.3 is 0 Å². The number of nitrogens with zero attached hydrogens (tertiary/aromatic N) is 1. The molecule has 1 heterocycles. The van der Waals surface area contributed by atoms with Crippen molar-refractivity contribution in [2.45, 2.75) is 6.61 Å². The quantitative estimate of drug-likeness (QED) is 0.664. The molecule has 0 fully saturated rings. The molecule has 2 nitrogen and oxygen atoms in total. The highest BCUT2D eigenvalue weighted by atomic mass is 16.7. The molecule has 0 aliphatic carbocycles. The van der Waals surface area contributed by atoms with Crippen molar-refractivity contribution < 1.29 is 9.57 Å². The molecule has 0 saturated heterocycles. The molecular weight excluding hydrogens is 174 g/mol. The third-order valence-corrected chi connectivity index (χ3v) is 1.91. The standard InChI is InChI=1S/C12H12NO/c1-3-7-12(8-4-1)11-14-13-9-5-2-6-10-13/h1-10H,11H2/q+1. The lowest BCUT2D eigenvalue weighted by Gasteiger charge is -1.97. The second-order valence-corrected chi connectivity index (χ2v) is 2.99. The number of rotatable bonds is 3. The van der Waals surface area contributed by atoms with E-state index in [-0.39, 0.29) is 0 Å². The van der Waals surface area contributed by atoms with E-state index in [0.717, 1.165) is 0 Å². The number of pyridine rings is 1. The summed E-state index contributed by atoms with van der Waals surface area (Å²) in [6.45, 7) is 0.593. The minimum atomic E-state index is 0.593. The van der Waals surface area contributed by atoms with Crippen LogP contribution >= 0.6 is 0 Å². The van der Waals surface area contributed by atoms with Gasteiger partial charge in [-0.25, -0.2) is 0 Å². The Hall–Kier alpha value is -1.83. The largest absolute Gasteiger partial charge is 0.267 e. The van der Waals surface area contributed by atoms with Gasteiger partial charge in [0.25, 0.3) is 0 Å². The van der Waals surface area contributed by atoms with Crippen LogP contribution in [0, 0.1) is 0 Å². The molecule has 2 rings (SSSR count). The minimum absolute atomic E-state index is 0.593. The van der Waals surface area contributed by atoms with Crippen molar-refractivity contribution in [2.24, 2.45) is 0 Å². The maximum absolute atomic E-state index is 5.51. The fraction of sp³-hybridized carbons (Fsp3) is 0.0833. The van der Waals surface area contributed by atoms with Gasteiger partial charge in [-0.15, -0.1) is 0 Å². The molecule has 70 valence electrons. The predicted octanol–water partition coefficient (Wildman–Crippen LogP) is 1.60. The fourth-order valence-corrected chi connectivity index (χ4v) is 1.19. The highest BCUT2D eigenvalue weighted by Crippen LogP contribution is 1.96. The first kappa shape index (κ1) is 8.75. The van der Waals surface area contributed by atoms with E-state index >= 15 is 0 Å². The first-order valence-electron chi connectivity index (χ1n) is 4.59. The van der Waals surface area contributed by atoms with Crippen LogP contribution < -0.4 is 9.57 Å². The van der Waals surface area contributed by atoms with Gasteiger partial charge in [-0.1, -0.05) is 36.4 Å². The maximum atomic E-state index is 5.51. The number of benzene rings is 1. The van der Waals surface area contributed by atoms with Crippen LogP contribution in [0.5, 0.6) is 0 Å². The van der Waals surface area contributed by atoms with Crippen LogP contribution in [0.15, 0.2) is 60.9 Å². The van der Waals surface area contributed by atoms with Gasteiger partial charge in [-0.3, -0.25) is 4.84 Å². The van der Waals surface area contributed by atoms with E-state index < -0.39 is 0 Å². The molecule has 0 amide bonds. The van der Waals surface area contributed by atoms with Gasteiger partial charge in [0.15, 0.2) is 6.61 Å². The van der Waals surface area contributed by atoms with E-state index in [1.165, 1.54) is 5.56 Å². The molecule has 14 heavy (non-hydrogen) atoms. The Balaban J connectivity index is 1.96. The van der Waals surface area contributed by atoms with E-state index in [0.29, 0.717) is 6.61 Å². The maximum Gasteiger partial charge on any atom is 0.222 e. The van der Waals surface area contributed by atoms with E-state index in [4.69, 9.17) is 4.84 Å². The summed E-state index contributed by atoms with van der Waals surface area (Å²) >= 11 is 0. The van der Waals surface area contributed by atoms with E-state index in [1.54, 1.807) is 4.73 Å². The summed E-state index contributed by atoms with van der Waals surface area (Å²) in [6.07, 6.45) is 3.76. The number of aromatic nitrogens is 1. The Kier molecular flexibility index (Phi) is 2.76. The lowest BCUT2D eigenvalue weighted by atomic mass is 10.2. The van der Waals surface area contributed by atoms with Gasteiger partial charge in [0.2, 0.25) is 12.4 Å². The smallest absolute Gasteiger partial charge is 0.222 e. The summed E-state index contributed by atoms with van der Waals surface area (Å²) in [4.78, 5) is 5.51. The molecular formula is C12H12NO+. The summed E-state index contributed by atoms with van der Waals surface area (Å²) in [6, 6.07) is 15.9. The lowest BCUT2D eigenvalue weighted by molar-refractivity contribution is -0.895. The third-order valence-electron chi connectivity index (χ3n) is 1.91. The first-order chi connectivity index (χ1) is 6.95. The molecule has 0 unspecified atom stereocenters. The van der Waals surface area contributed by atoms with Crippen molar-refractivity contribution in [3.8, 4) is 0 Å². The molecule has 0 N–H and O–H groups in total. The average Bonchev–Trinajstić information content (AvgIpc) is 2.29. The van der Waals surface area contributed by atoms with Crippen molar-refractivity contribution in [2.75, 3.05) is 0 Å². The van der Waals surface area contributed by atoms with Crippen LogP contribution in [0.4, 0.5) is 0 Å². The van der Waals surface area contributed by atoms with Gasteiger partial charge < -0.3 is 0 Å². The van der Waals surface area contributed by atoms with E-state index in [9.17, 15) is 0 Å². The Bertz CT molecular complexity index is 333. The molecule has 0 atom stereocenters. The zero-order valence-corrected chi connectivity index (χ0v) is 7.84. The average molecular weight is 186 g/mol. The van der Waals surface area contributed by atoms with Crippen LogP contribution in [0.3, 0.4) is 0 Å². The molecule has 0 saturated carbocycles. The highest BCUT2D eigenvalue weighted by molar-refractivity contribution is 5.13. The molecule has 0 spiro atoms. The monoisotopic (exact) mass is 186 g/mol. The topological polar surface area (TPSA) is 13.1 Å². The molecule has 1 aromatic carbocycles. The zero-order chi connectivity index (χ0) is 9.64. The Morgan fingerprint density at radius 1 is 0.857 bits per heavy atom. The van der Waals surface area contributed by atoms with Gasteiger partial charge in [0.1, 0.15) is 0 Å². The van der Waals surface area contributed by atoms with Crippen molar-refractivity contribution >= 4 is 0 Å². The van der Waals surface area contributed by atoms with Gasteiger partial charge in [0, 0.05) is 16.9 Å². The molecule has 2 heteroatoms. The summed E-state index contributed by atoms with van der Waals surface area (Å²) in [7, 11) is 0. The Labute approximate surface area is 83.4 Å². The van der Waals surface area contributed by atoms with Crippen molar-refractivity contribution in [1.29, 1.82) is 0 Å². The third kappa shape index (κ3) is 2.33. The zero-order valence-electron chi connectivity index (χ0n) is 7.84. The van der Waals surface area contributed by atoms with Gasteiger partial charge in [-0.2, -0.15) is 0 Å². The Morgan fingerprint density at radius 3 is 2.21 bits per heavy atom. The van der Waals surface area contributed by atoms with Crippen molar-refractivity contribution in [3.63, 3.8) is 0 Å². The number of hydrogen-bond acceptors (Lipinski definition) is 1. The molecule has 0 bridgehead atoms. The van der Waals surface area contributed by atoms with Crippen molar-refractivity contribution in [1.82, 2.24) is 0 Å². The SMILES string of the molecule is c1ccc(CO[n+]2ccccc2)cc1. The highest BCUT2D eigenvalue weighted by Gasteiger charge is 1.98. The minimum Gasteiger partial charge on any atom is -0.267 e. The summed E-state index contributed by atoms with van der Waals surface area (Å²) < 4.78 is 1.70. The molecule has 1 aromatic heterocycles. The van der Waals surface area contributed by atoms with Crippen LogP contribution in [0.2, 0.25) is 0 Å². The molecule has 0 aliphatic rings.